The Hall–Kier alpha value is -3.00. The molecule has 0 fully saturated rings. The molecule has 0 atom stereocenters. The standard InChI is InChI=1S/C22H11BO/c23-12-8-9-15-19-11-18-14-5-2-1-4-13(14)16-6-3-7-17(21(16)18)22(19)24-20(15)10-12/h1-11H. The van der Waals surface area contributed by atoms with Crippen LogP contribution < -0.4 is 5.46 Å². The maximum absolute atomic E-state index is 6.20. The van der Waals surface area contributed by atoms with Crippen LogP contribution in [0.15, 0.2) is 71.1 Å². The first-order valence-corrected chi connectivity index (χ1v) is 8.08. The Labute approximate surface area is 139 Å². The minimum Gasteiger partial charge on any atom is -0.455 e. The number of hydrogen-bond acceptors (Lipinski definition) is 1. The van der Waals surface area contributed by atoms with Crippen LogP contribution in [0, 0.1) is 0 Å². The zero-order valence-corrected chi connectivity index (χ0v) is 12.8. The maximum atomic E-state index is 6.20. The van der Waals surface area contributed by atoms with Gasteiger partial charge in [-0.3, -0.25) is 0 Å². The van der Waals surface area contributed by atoms with Gasteiger partial charge in [-0.05, 0) is 34.4 Å². The van der Waals surface area contributed by atoms with Crippen LogP contribution in [0.1, 0.15) is 0 Å². The first kappa shape index (κ1) is 12.4. The molecule has 0 unspecified atom stereocenters. The number of rotatable bonds is 0. The van der Waals surface area contributed by atoms with Crippen LogP contribution in [0.5, 0.6) is 0 Å². The smallest absolute Gasteiger partial charge is 0.143 e. The fourth-order valence-corrected chi connectivity index (χ4v) is 4.11. The van der Waals surface area contributed by atoms with Gasteiger partial charge in [-0.25, -0.2) is 0 Å². The van der Waals surface area contributed by atoms with Crippen molar-refractivity contribution in [3.63, 3.8) is 0 Å². The third-order valence-electron chi connectivity index (χ3n) is 5.13. The molecule has 1 heterocycles. The molecule has 108 valence electrons. The maximum Gasteiger partial charge on any atom is 0.143 e. The summed E-state index contributed by atoms with van der Waals surface area (Å²) < 4.78 is 6.20. The van der Waals surface area contributed by atoms with Gasteiger partial charge < -0.3 is 4.42 Å². The van der Waals surface area contributed by atoms with E-state index in [2.05, 4.69) is 54.6 Å². The summed E-state index contributed by atoms with van der Waals surface area (Å²) in [6.45, 7) is 0. The van der Waals surface area contributed by atoms with Crippen LogP contribution in [0.25, 0.3) is 55.0 Å². The summed E-state index contributed by atoms with van der Waals surface area (Å²) in [5.74, 6) is 0. The first-order chi connectivity index (χ1) is 11.8. The lowest BCUT2D eigenvalue weighted by Crippen LogP contribution is -1.98. The molecule has 5 aromatic rings. The minimum atomic E-state index is 0.726. The summed E-state index contributed by atoms with van der Waals surface area (Å²) in [6.07, 6.45) is 0. The molecule has 4 aromatic carbocycles. The predicted octanol–water partition coefficient (Wildman–Crippen LogP) is 5.18. The zero-order valence-electron chi connectivity index (χ0n) is 12.8. The van der Waals surface area contributed by atoms with Crippen LogP contribution in [-0.2, 0) is 0 Å². The second kappa shape index (κ2) is 4.10. The summed E-state index contributed by atoms with van der Waals surface area (Å²) in [5.41, 5.74) is 7.72. The van der Waals surface area contributed by atoms with Gasteiger partial charge in [0, 0.05) is 21.5 Å². The Balaban J connectivity index is 1.90. The van der Waals surface area contributed by atoms with E-state index in [-0.39, 0.29) is 0 Å². The predicted molar refractivity (Wildman–Crippen MR) is 101 cm³/mol. The molecule has 0 saturated heterocycles. The average molecular weight is 302 g/mol. The molecular formula is C22H11BO. The van der Waals surface area contributed by atoms with Crippen molar-refractivity contribution in [1.82, 2.24) is 0 Å². The molecular weight excluding hydrogens is 291 g/mol. The molecule has 0 aliphatic heterocycles. The van der Waals surface area contributed by atoms with Gasteiger partial charge in [-0.2, -0.15) is 0 Å². The van der Waals surface area contributed by atoms with Crippen LogP contribution >= 0.6 is 0 Å². The lowest BCUT2D eigenvalue weighted by molar-refractivity contribution is 0.673. The molecule has 0 saturated carbocycles. The van der Waals surface area contributed by atoms with Gasteiger partial charge in [0.05, 0.1) is 0 Å². The first-order valence-electron chi connectivity index (χ1n) is 8.08. The number of benzene rings is 4. The SMILES string of the molecule is [B]c1ccc2c(c1)oc1c3cccc4c3c(cc21)-c1ccccc1-4. The van der Waals surface area contributed by atoms with Crippen molar-refractivity contribution >= 4 is 46.0 Å². The van der Waals surface area contributed by atoms with Gasteiger partial charge in [0.2, 0.25) is 0 Å². The zero-order chi connectivity index (χ0) is 15.8. The van der Waals surface area contributed by atoms with Gasteiger partial charge in [0.15, 0.2) is 0 Å². The second-order valence-corrected chi connectivity index (χ2v) is 6.43. The molecule has 1 aromatic heterocycles. The molecule has 1 aliphatic carbocycles. The van der Waals surface area contributed by atoms with Crippen molar-refractivity contribution in [1.29, 1.82) is 0 Å². The van der Waals surface area contributed by atoms with Gasteiger partial charge in [-0.1, -0.05) is 60.1 Å². The van der Waals surface area contributed by atoms with Gasteiger partial charge in [-0.15, -0.1) is 0 Å². The second-order valence-electron chi connectivity index (χ2n) is 6.43. The Morgan fingerprint density at radius 3 is 2.29 bits per heavy atom. The monoisotopic (exact) mass is 302 g/mol. The van der Waals surface area contributed by atoms with E-state index in [4.69, 9.17) is 12.3 Å². The highest BCUT2D eigenvalue weighted by atomic mass is 16.3. The third kappa shape index (κ3) is 1.37. The van der Waals surface area contributed by atoms with Crippen molar-refractivity contribution in [2.24, 2.45) is 0 Å². The molecule has 2 heteroatoms. The molecule has 0 amide bonds. The van der Waals surface area contributed by atoms with E-state index < -0.39 is 0 Å². The Kier molecular flexibility index (Phi) is 2.12. The fourth-order valence-electron chi connectivity index (χ4n) is 4.11. The van der Waals surface area contributed by atoms with Crippen molar-refractivity contribution in [2.75, 3.05) is 0 Å². The third-order valence-corrected chi connectivity index (χ3v) is 5.13. The number of fused-ring (bicyclic) bond motifs is 7. The molecule has 1 aliphatic rings. The van der Waals surface area contributed by atoms with E-state index in [1.165, 1.54) is 33.0 Å². The molecule has 0 bridgehead atoms. The van der Waals surface area contributed by atoms with Crippen molar-refractivity contribution in [3.05, 3.63) is 66.7 Å². The summed E-state index contributed by atoms with van der Waals surface area (Å²) in [7, 11) is 5.93. The van der Waals surface area contributed by atoms with E-state index in [0.717, 1.165) is 27.4 Å². The Morgan fingerprint density at radius 1 is 0.625 bits per heavy atom. The van der Waals surface area contributed by atoms with Crippen LogP contribution in [0.2, 0.25) is 0 Å². The molecule has 2 radical (unpaired) electrons. The van der Waals surface area contributed by atoms with E-state index in [0.29, 0.717) is 0 Å². The van der Waals surface area contributed by atoms with Gasteiger partial charge in [0.25, 0.3) is 0 Å². The Morgan fingerprint density at radius 2 is 1.42 bits per heavy atom. The van der Waals surface area contributed by atoms with E-state index in [1.807, 2.05) is 12.1 Å². The van der Waals surface area contributed by atoms with Crippen LogP contribution in [0.3, 0.4) is 0 Å². The highest BCUT2D eigenvalue weighted by Gasteiger charge is 2.24. The average Bonchev–Trinajstić information content (AvgIpc) is 3.13. The molecule has 24 heavy (non-hydrogen) atoms. The molecule has 0 spiro atoms. The van der Waals surface area contributed by atoms with Crippen molar-refractivity contribution < 1.29 is 4.42 Å². The number of furan rings is 1. The summed E-state index contributed by atoms with van der Waals surface area (Å²) in [5, 5.41) is 4.73. The van der Waals surface area contributed by atoms with E-state index >= 15 is 0 Å². The van der Waals surface area contributed by atoms with Gasteiger partial charge in [0.1, 0.15) is 19.0 Å². The highest BCUT2D eigenvalue weighted by molar-refractivity contribution is 6.34. The summed E-state index contributed by atoms with van der Waals surface area (Å²) in [4.78, 5) is 0. The van der Waals surface area contributed by atoms with Crippen molar-refractivity contribution in [3.8, 4) is 22.3 Å². The lowest BCUT2D eigenvalue weighted by atomic mass is 9.94. The van der Waals surface area contributed by atoms with Crippen LogP contribution in [0.4, 0.5) is 0 Å². The van der Waals surface area contributed by atoms with Crippen molar-refractivity contribution in [2.45, 2.75) is 0 Å². The van der Waals surface area contributed by atoms with Crippen LogP contribution in [-0.4, -0.2) is 7.85 Å². The normalized spacial score (nSPS) is 12.3. The highest BCUT2D eigenvalue weighted by Crippen LogP contribution is 2.50. The lowest BCUT2D eigenvalue weighted by Gasteiger charge is -2.03. The largest absolute Gasteiger partial charge is 0.455 e. The molecule has 6 rings (SSSR count). The van der Waals surface area contributed by atoms with Gasteiger partial charge >= 0.3 is 0 Å². The topological polar surface area (TPSA) is 13.1 Å². The minimum absolute atomic E-state index is 0.726. The quantitative estimate of drug-likeness (QED) is 0.352. The molecule has 1 nitrogen and oxygen atoms in total. The van der Waals surface area contributed by atoms with E-state index in [9.17, 15) is 0 Å². The molecule has 0 N–H and O–H groups in total. The fraction of sp³-hybridized carbons (Fsp3) is 0. The summed E-state index contributed by atoms with van der Waals surface area (Å²) >= 11 is 0. The Bertz CT molecular complexity index is 1310. The van der Waals surface area contributed by atoms with E-state index in [1.54, 1.807) is 0 Å². The number of hydrogen-bond donors (Lipinski definition) is 0. The summed E-state index contributed by atoms with van der Waals surface area (Å²) in [6, 6.07) is 23.3.